The van der Waals surface area contributed by atoms with Gasteiger partial charge in [-0.25, -0.2) is 0 Å². The van der Waals surface area contributed by atoms with Crippen LogP contribution in [0.15, 0.2) is 10.1 Å². The molecule has 106 valence electrons. The lowest BCUT2D eigenvalue weighted by Crippen LogP contribution is -2.45. The van der Waals surface area contributed by atoms with Crippen LogP contribution >= 0.6 is 69.6 Å². The van der Waals surface area contributed by atoms with Crippen LogP contribution < -0.4 is 0 Å². The molecule has 8 heteroatoms. The Morgan fingerprint density at radius 3 is 2.32 bits per heavy atom. The summed E-state index contributed by atoms with van der Waals surface area (Å²) in [5, 5.41) is 8.82. The average molecular weight is 384 g/mol. The Balaban J connectivity index is 2.22. The number of hydrogen-bond acceptors (Lipinski definition) is 2. The van der Waals surface area contributed by atoms with Crippen LogP contribution in [0.2, 0.25) is 0 Å². The van der Waals surface area contributed by atoms with Crippen LogP contribution in [0.5, 0.6) is 0 Å². The molecular formula is C11H9Cl6NO. The molecule has 2 nitrogen and oxygen atoms in total. The number of halogens is 6. The van der Waals surface area contributed by atoms with Gasteiger partial charge in [-0.05, 0) is 6.42 Å². The fraction of sp³-hybridized carbons (Fsp3) is 0.727. The zero-order valence-electron chi connectivity index (χ0n) is 9.53. The van der Waals surface area contributed by atoms with Crippen LogP contribution in [0.25, 0.3) is 0 Å². The normalized spacial score (nSPS) is 39.7. The molecule has 0 N–H and O–H groups in total. The van der Waals surface area contributed by atoms with Gasteiger partial charge in [0.1, 0.15) is 9.75 Å². The van der Waals surface area contributed by atoms with Crippen LogP contribution in [0.4, 0.5) is 0 Å². The van der Waals surface area contributed by atoms with Gasteiger partial charge >= 0.3 is 0 Å². The Labute approximate surface area is 141 Å². The molecule has 3 unspecified atom stereocenters. The van der Waals surface area contributed by atoms with Crippen molar-refractivity contribution in [2.45, 2.75) is 26.9 Å². The molecule has 3 atom stereocenters. The Morgan fingerprint density at radius 2 is 1.84 bits per heavy atom. The summed E-state index contributed by atoms with van der Waals surface area (Å²) in [6.45, 7) is 0.573. The molecule has 2 rings (SSSR count). The molecule has 0 radical (unpaired) electrons. The van der Waals surface area contributed by atoms with Gasteiger partial charge in [-0.1, -0.05) is 46.4 Å². The summed E-state index contributed by atoms with van der Waals surface area (Å²) in [6, 6.07) is 1.98. The van der Waals surface area contributed by atoms with Gasteiger partial charge in [0.15, 0.2) is 4.33 Å². The number of nitriles is 1. The predicted molar refractivity (Wildman–Crippen MR) is 79.5 cm³/mol. The highest BCUT2D eigenvalue weighted by atomic mass is 35.5. The average Bonchev–Trinajstić information content (AvgIpc) is 2.57. The minimum atomic E-state index is -1.50. The van der Waals surface area contributed by atoms with E-state index in [0.717, 1.165) is 0 Å². The number of fused-ring (bicyclic) bond motifs is 2. The Bertz CT molecular complexity index is 472. The molecule has 2 aliphatic carbocycles. The molecule has 0 amide bonds. The molecule has 0 aromatic heterocycles. The van der Waals surface area contributed by atoms with E-state index in [1.807, 2.05) is 6.07 Å². The second-order valence-corrected chi connectivity index (χ2v) is 7.92. The van der Waals surface area contributed by atoms with Gasteiger partial charge in [-0.2, -0.15) is 5.26 Å². The fourth-order valence-corrected chi connectivity index (χ4v) is 5.38. The molecule has 0 aromatic rings. The van der Waals surface area contributed by atoms with Crippen LogP contribution in [-0.2, 0) is 4.74 Å². The molecular weight excluding hydrogens is 375 g/mol. The minimum Gasteiger partial charge on any atom is -0.380 e. The van der Waals surface area contributed by atoms with E-state index in [1.54, 1.807) is 0 Å². The number of rotatable bonds is 4. The molecule has 2 bridgehead atoms. The van der Waals surface area contributed by atoms with Gasteiger partial charge < -0.3 is 4.74 Å². The van der Waals surface area contributed by atoms with E-state index in [9.17, 15) is 0 Å². The maximum atomic E-state index is 8.45. The molecule has 2 aliphatic rings. The standard InChI is InChI=1S/C11H9Cl6NO/c12-7-8(13)10(15)6(5-19-3-1-2-18)4-9(7,14)11(10,16)17/h6H,1,3-5H2. The van der Waals surface area contributed by atoms with Crippen LogP contribution in [0.3, 0.4) is 0 Å². The van der Waals surface area contributed by atoms with E-state index in [4.69, 9.17) is 79.6 Å². The number of hydrogen-bond donors (Lipinski definition) is 0. The first-order chi connectivity index (χ1) is 8.73. The Morgan fingerprint density at radius 1 is 1.21 bits per heavy atom. The molecule has 1 fully saturated rings. The second kappa shape index (κ2) is 5.29. The summed E-state index contributed by atoms with van der Waals surface area (Å²) in [4.78, 5) is -2.46. The highest BCUT2D eigenvalue weighted by Gasteiger charge is 2.78. The third kappa shape index (κ3) is 2.01. The zero-order chi connectivity index (χ0) is 14.5. The van der Waals surface area contributed by atoms with Crippen molar-refractivity contribution in [1.82, 2.24) is 0 Å². The number of nitrogens with zero attached hydrogens (tertiary/aromatic N) is 1. The van der Waals surface area contributed by atoms with Crippen molar-refractivity contribution >= 4 is 69.6 Å². The summed E-state index contributed by atoms with van der Waals surface area (Å²) >= 11 is 37.9. The Kier molecular flexibility index (Phi) is 4.54. The number of allylic oxidation sites excluding steroid dienone is 2. The zero-order valence-corrected chi connectivity index (χ0v) is 14.1. The third-order valence-electron chi connectivity index (χ3n) is 3.58. The smallest absolute Gasteiger partial charge is 0.166 e. The minimum absolute atomic E-state index is 0.177. The highest BCUT2D eigenvalue weighted by molar-refractivity contribution is 6.65. The predicted octanol–water partition coefficient (Wildman–Crippen LogP) is 4.77. The van der Waals surface area contributed by atoms with Crippen molar-refractivity contribution in [2.24, 2.45) is 5.92 Å². The van der Waals surface area contributed by atoms with E-state index < -0.39 is 14.1 Å². The first kappa shape index (κ1) is 16.3. The van der Waals surface area contributed by atoms with E-state index in [1.165, 1.54) is 0 Å². The maximum absolute atomic E-state index is 8.45. The van der Waals surface area contributed by atoms with Crippen molar-refractivity contribution in [3.8, 4) is 6.07 Å². The van der Waals surface area contributed by atoms with Crippen molar-refractivity contribution in [1.29, 1.82) is 5.26 Å². The van der Waals surface area contributed by atoms with Gasteiger partial charge in [0, 0.05) is 5.92 Å². The molecule has 0 aliphatic heterocycles. The van der Waals surface area contributed by atoms with Crippen LogP contribution in [0, 0.1) is 17.2 Å². The van der Waals surface area contributed by atoms with Gasteiger partial charge in [0.05, 0.1) is 35.8 Å². The monoisotopic (exact) mass is 381 g/mol. The van der Waals surface area contributed by atoms with Crippen molar-refractivity contribution in [3.63, 3.8) is 0 Å². The summed E-state index contributed by atoms with van der Waals surface area (Å²) in [5.74, 6) is -0.268. The molecule has 0 heterocycles. The largest absolute Gasteiger partial charge is 0.380 e. The number of alkyl halides is 4. The van der Waals surface area contributed by atoms with E-state index in [-0.39, 0.29) is 22.6 Å². The SMILES string of the molecule is N#CCCOCC1CC2(Cl)C(Cl)=C(Cl)C1(Cl)C2(Cl)Cl. The van der Waals surface area contributed by atoms with Crippen molar-refractivity contribution in [2.75, 3.05) is 13.2 Å². The third-order valence-corrected chi connectivity index (χ3v) is 7.91. The lowest BCUT2D eigenvalue weighted by molar-refractivity contribution is 0.0979. The van der Waals surface area contributed by atoms with Crippen LogP contribution in [0.1, 0.15) is 12.8 Å². The van der Waals surface area contributed by atoms with Gasteiger partial charge in [-0.15, -0.1) is 23.2 Å². The summed E-state index contributed by atoms with van der Waals surface area (Å²) in [7, 11) is 0. The van der Waals surface area contributed by atoms with E-state index >= 15 is 0 Å². The molecule has 1 saturated carbocycles. The highest BCUT2D eigenvalue weighted by Crippen LogP contribution is 2.74. The van der Waals surface area contributed by atoms with Crippen LogP contribution in [-0.4, -0.2) is 27.3 Å². The topological polar surface area (TPSA) is 33.0 Å². The van der Waals surface area contributed by atoms with Crippen molar-refractivity contribution < 1.29 is 4.74 Å². The summed E-state index contributed by atoms with van der Waals surface area (Å²) in [5.41, 5.74) is 0. The van der Waals surface area contributed by atoms with E-state index in [2.05, 4.69) is 0 Å². The molecule has 0 aromatic carbocycles. The molecule has 0 spiro atoms. The fourth-order valence-electron chi connectivity index (χ4n) is 2.55. The molecule has 0 saturated heterocycles. The first-order valence-electron chi connectivity index (χ1n) is 5.50. The summed E-state index contributed by atoms with van der Waals surface area (Å²) in [6.07, 6.45) is 0.665. The quantitative estimate of drug-likeness (QED) is 0.517. The maximum Gasteiger partial charge on any atom is 0.166 e. The second-order valence-electron chi connectivity index (χ2n) is 4.60. The first-order valence-corrected chi connectivity index (χ1v) is 7.76. The summed E-state index contributed by atoms with van der Waals surface area (Å²) < 4.78 is 3.89. The Hall–Kier alpha value is 0.930. The molecule has 19 heavy (non-hydrogen) atoms. The van der Waals surface area contributed by atoms with Gasteiger partial charge in [0.25, 0.3) is 0 Å². The van der Waals surface area contributed by atoms with Gasteiger partial charge in [0.2, 0.25) is 0 Å². The van der Waals surface area contributed by atoms with Gasteiger partial charge in [-0.3, -0.25) is 0 Å². The number of ether oxygens (including phenoxy) is 1. The van der Waals surface area contributed by atoms with E-state index in [0.29, 0.717) is 19.4 Å². The lowest BCUT2D eigenvalue weighted by Gasteiger charge is -2.33. The van der Waals surface area contributed by atoms with Crippen molar-refractivity contribution in [3.05, 3.63) is 10.1 Å². The lowest BCUT2D eigenvalue weighted by atomic mass is 9.93.